The fraction of sp³-hybridized carbons (Fsp3) is 0.292. The van der Waals surface area contributed by atoms with Crippen LogP contribution >= 0.6 is 0 Å². The van der Waals surface area contributed by atoms with Crippen molar-refractivity contribution in [1.82, 2.24) is 25.0 Å². The number of hydrogen-bond donors (Lipinski definition) is 1. The fourth-order valence-electron chi connectivity index (χ4n) is 4.14. The first-order chi connectivity index (χ1) is 16.2. The minimum atomic E-state index is -0.153. The van der Waals surface area contributed by atoms with Crippen molar-refractivity contribution in [3.63, 3.8) is 0 Å². The van der Waals surface area contributed by atoms with Gasteiger partial charge in [-0.1, -0.05) is 29.4 Å². The Hall–Kier alpha value is -4.01. The first-order valence-corrected chi connectivity index (χ1v) is 11.1. The Morgan fingerprint density at radius 1 is 0.970 bits per heavy atom. The lowest BCUT2D eigenvalue weighted by Gasteiger charge is -2.35. The molecule has 0 unspecified atom stereocenters. The number of carbonyl (C=O) groups excluding carboxylic acids is 1. The minimum Gasteiger partial charge on any atom is -0.339 e. The normalized spacial score (nSPS) is 16.4. The number of H-pyrrole nitrogens is 1. The molecule has 1 aliphatic heterocycles. The number of rotatable bonds is 4. The minimum absolute atomic E-state index is 0.0204. The number of para-hydroxylation sites is 1. The highest BCUT2D eigenvalue weighted by Crippen LogP contribution is 2.39. The van der Waals surface area contributed by atoms with E-state index in [4.69, 9.17) is 4.52 Å². The summed E-state index contributed by atoms with van der Waals surface area (Å²) in [6, 6.07) is 14.6. The molecule has 33 heavy (non-hydrogen) atoms. The standard InChI is InChI=1S/C24H22N6O3/c31-21-18-3-1-2-4-19(18)25-24(27-21)30-13-11-29(12-14-30)23(32)17-9-5-15(6-10-17)20-26-22(33-28-20)16-7-8-16/h1-6,9-10,16H,7-8,11-14H2,(H,25,27,31). The quantitative estimate of drug-likeness (QED) is 0.518. The smallest absolute Gasteiger partial charge is 0.260 e. The van der Waals surface area contributed by atoms with Gasteiger partial charge in [0.2, 0.25) is 17.7 Å². The summed E-state index contributed by atoms with van der Waals surface area (Å²) in [6.45, 7) is 2.29. The van der Waals surface area contributed by atoms with Crippen LogP contribution in [0.25, 0.3) is 22.3 Å². The molecule has 1 amide bonds. The molecule has 0 spiro atoms. The van der Waals surface area contributed by atoms with Gasteiger partial charge in [-0.3, -0.25) is 14.6 Å². The number of aromatic nitrogens is 4. The third kappa shape index (κ3) is 3.75. The molecule has 1 saturated carbocycles. The highest BCUT2D eigenvalue weighted by atomic mass is 16.5. The van der Waals surface area contributed by atoms with Crippen LogP contribution in [0.4, 0.5) is 5.95 Å². The number of aromatic amines is 1. The van der Waals surface area contributed by atoms with Crippen LogP contribution in [-0.2, 0) is 0 Å². The van der Waals surface area contributed by atoms with Crippen LogP contribution in [0.1, 0.15) is 35.0 Å². The number of amides is 1. The third-order valence-corrected chi connectivity index (χ3v) is 6.23. The van der Waals surface area contributed by atoms with E-state index >= 15 is 0 Å². The molecular formula is C24H22N6O3. The zero-order valence-electron chi connectivity index (χ0n) is 17.9. The van der Waals surface area contributed by atoms with Crippen LogP contribution in [0, 0.1) is 0 Å². The number of nitrogens with one attached hydrogen (secondary N) is 1. The number of nitrogens with zero attached hydrogens (tertiary/aromatic N) is 5. The molecule has 9 heteroatoms. The van der Waals surface area contributed by atoms with Crippen molar-refractivity contribution in [1.29, 1.82) is 0 Å². The van der Waals surface area contributed by atoms with Gasteiger partial charge in [0.1, 0.15) is 0 Å². The molecule has 2 fully saturated rings. The summed E-state index contributed by atoms with van der Waals surface area (Å²) in [4.78, 5) is 41.1. The lowest BCUT2D eigenvalue weighted by Crippen LogP contribution is -2.49. The van der Waals surface area contributed by atoms with Crippen molar-refractivity contribution in [2.75, 3.05) is 31.1 Å². The molecule has 1 saturated heterocycles. The number of carbonyl (C=O) groups is 1. The van der Waals surface area contributed by atoms with Crippen molar-refractivity contribution in [2.45, 2.75) is 18.8 Å². The Balaban J connectivity index is 1.12. The summed E-state index contributed by atoms with van der Waals surface area (Å²) in [6.07, 6.45) is 2.21. The molecule has 2 aliphatic rings. The third-order valence-electron chi connectivity index (χ3n) is 6.23. The fourth-order valence-corrected chi connectivity index (χ4v) is 4.14. The summed E-state index contributed by atoms with van der Waals surface area (Å²) in [5.74, 6) is 2.19. The van der Waals surface area contributed by atoms with Gasteiger partial charge in [-0.25, -0.2) is 4.98 Å². The number of hydrogen-bond acceptors (Lipinski definition) is 7. The predicted molar refractivity (Wildman–Crippen MR) is 122 cm³/mol. The zero-order chi connectivity index (χ0) is 22.4. The number of fused-ring (bicyclic) bond motifs is 1. The maximum atomic E-state index is 13.0. The van der Waals surface area contributed by atoms with Gasteiger partial charge in [-0.15, -0.1) is 0 Å². The monoisotopic (exact) mass is 442 g/mol. The van der Waals surface area contributed by atoms with Gasteiger partial charge in [-0.2, -0.15) is 4.98 Å². The SMILES string of the molecule is O=C(c1ccc(-c2noc(C3CC3)n2)cc1)N1CCN(c2nc3ccccc3c(=O)[nH]2)CC1. The first kappa shape index (κ1) is 19.7. The second-order valence-electron chi connectivity index (χ2n) is 8.49. The van der Waals surface area contributed by atoms with Gasteiger partial charge in [-0.05, 0) is 37.1 Å². The lowest BCUT2D eigenvalue weighted by atomic mass is 10.1. The Bertz CT molecular complexity index is 1380. The Morgan fingerprint density at radius 3 is 2.48 bits per heavy atom. The maximum absolute atomic E-state index is 13.0. The van der Waals surface area contributed by atoms with Crippen LogP contribution in [-0.4, -0.2) is 57.1 Å². The topological polar surface area (TPSA) is 108 Å². The lowest BCUT2D eigenvalue weighted by molar-refractivity contribution is 0.0746. The Morgan fingerprint density at radius 2 is 1.73 bits per heavy atom. The summed E-state index contributed by atoms with van der Waals surface area (Å²) in [5.41, 5.74) is 1.97. The highest BCUT2D eigenvalue weighted by Gasteiger charge is 2.30. The molecule has 9 nitrogen and oxygen atoms in total. The van der Waals surface area contributed by atoms with Crippen LogP contribution in [0.3, 0.4) is 0 Å². The number of benzene rings is 2. The molecule has 1 aliphatic carbocycles. The molecule has 0 radical (unpaired) electrons. The molecule has 2 aromatic carbocycles. The highest BCUT2D eigenvalue weighted by molar-refractivity contribution is 5.94. The van der Waals surface area contributed by atoms with Crippen molar-refractivity contribution < 1.29 is 9.32 Å². The molecule has 6 rings (SSSR count). The second kappa shape index (κ2) is 7.84. The first-order valence-electron chi connectivity index (χ1n) is 11.1. The summed E-state index contributed by atoms with van der Waals surface area (Å²) >= 11 is 0. The molecule has 0 bridgehead atoms. The summed E-state index contributed by atoms with van der Waals surface area (Å²) in [7, 11) is 0. The van der Waals surface area contributed by atoms with E-state index in [1.165, 1.54) is 0 Å². The van der Waals surface area contributed by atoms with E-state index in [2.05, 4.69) is 20.1 Å². The van der Waals surface area contributed by atoms with Gasteiger partial charge < -0.3 is 14.3 Å². The van der Waals surface area contributed by atoms with Crippen LogP contribution < -0.4 is 10.5 Å². The van der Waals surface area contributed by atoms with Crippen molar-refractivity contribution in [2.24, 2.45) is 0 Å². The zero-order valence-corrected chi connectivity index (χ0v) is 17.9. The van der Waals surface area contributed by atoms with Gasteiger partial charge >= 0.3 is 0 Å². The van der Waals surface area contributed by atoms with Crippen LogP contribution in [0.15, 0.2) is 57.8 Å². The second-order valence-corrected chi connectivity index (χ2v) is 8.49. The number of anilines is 1. The van der Waals surface area contributed by atoms with E-state index in [0.717, 1.165) is 18.4 Å². The van der Waals surface area contributed by atoms with E-state index in [-0.39, 0.29) is 11.5 Å². The van der Waals surface area contributed by atoms with Crippen molar-refractivity contribution >= 4 is 22.8 Å². The van der Waals surface area contributed by atoms with Gasteiger partial charge in [0.15, 0.2) is 0 Å². The number of piperazine rings is 1. The Kier molecular flexibility index (Phi) is 4.67. The molecule has 166 valence electrons. The van der Waals surface area contributed by atoms with Gasteiger partial charge in [0, 0.05) is 43.2 Å². The molecule has 2 aromatic heterocycles. The van der Waals surface area contributed by atoms with Gasteiger partial charge in [0.05, 0.1) is 10.9 Å². The van der Waals surface area contributed by atoms with E-state index in [1.807, 2.05) is 40.1 Å². The van der Waals surface area contributed by atoms with Gasteiger partial charge in [0.25, 0.3) is 11.5 Å². The van der Waals surface area contributed by atoms with Crippen LogP contribution in [0.2, 0.25) is 0 Å². The average Bonchev–Trinajstić information content (AvgIpc) is 3.60. The van der Waals surface area contributed by atoms with E-state index in [1.54, 1.807) is 18.2 Å². The molecule has 0 atom stereocenters. The molecule has 3 heterocycles. The summed E-state index contributed by atoms with van der Waals surface area (Å²) in [5, 5.41) is 4.63. The maximum Gasteiger partial charge on any atom is 0.260 e. The Labute approximate surface area is 189 Å². The molecular weight excluding hydrogens is 420 g/mol. The van der Waals surface area contributed by atoms with E-state index < -0.39 is 0 Å². The predicted octanol–water partition coefficient (Wildman–Crippen LogP) is 2.81. The average molecular weight is 442 g/mol. The molecule has 1 N–H and O–H groups in total. The van der Waals surface area contributed by atoms with E-state index in [0.29, 0.717) is 66.2 Å². The van der Waals surface area contributed by atoms with Crippen LogP contribution in [0.5, 0.6) is 0 Å². The van der Waals surface area contributed by atoms with E-state index in [9.17, 15) is 9.59 Å². The molecule has 4 aromatic rings. The summed E-state index contributed by atoms with van der Waals surface area (Å²) < 4.78 is 5.33. The van der Waals surface area contributed by atoms with Crippen molar-refractivity contribution in [3.8, 4) is 11.4 Å². The largest absolute Gasteiger partial charge is 0.339 e. The van der Waals surface area contributed by atoms with Crippen molar-refractivity contribution in [3.05, 3.63) is 70.3 Å².